The normalized spacial score (nSPS) is 9.75. The van der Waals surface area contributed by atoms with Gasteiger partial charge in [-0.15, -0.1) is 10.2 Å². The molecule has 0 radical (unpaired) electrons. The van der Waals surface area contributed by atoms with Gasteiger partial charge in [-0.05, 0) is 6.26 Å². The van der Waals surface area contributed by atoms with Crippen LogP contribution in [0, 0.1) is 5.26 Å². The highest BCUT2D eigenvalue weighted by Gasteiger charge is 1.97. The third kappa shape index (κ3) is 1.16. The number of hydrogen-bond acceptors (Lipinski definition) is 4. The van der Waals surface area contributed by atoms with Crippen LogP contribution in [0.25, 0.3) is 0 Å². The average molecular weight is 150 g/mol. The van der Waals surface area contributed by atoms with E-state index in [1.165, 1.54) is 11.8 Å². The molecule has 0 amide bonds. The van der Waals surface area contributed by atoms with E-state index in [4.69, 9.17) is 0 Å². The average Bonchev–Trinajstić information content (AvgIpc) is 2.14. The molecule has 0 saturated carbocycles. The monoisotopic (exact) mass is 150 g/mol. The molecule has 0 atom stereocenters. The Balaban J connectivity index is 2.84. The molecule has 1 rings (SSSR count). The lowest BCUT2D eigenvalue weighted by Gasteiger charge is -1.74. The Morgan fingerprint density at radius 2 is 2.38 bits per heavy atom. The Kier molecular flexibility index (Phi) is 1.80. The molecule has 1 heterocycles. The molecule has 1 aromatic rings. The molecule has 1 aromatic heterocycles. The molecular weight excluding hydrogens is 147 g/mol. The predicted molar refractivity (Wildman–Crippen MR) is 31.6 cm³/mol. The van der Waals surface area contributed by atoms with E-state index in [-0.39, 0.29) is 0 Å². The van der Waals surface area contributed by atoms with E-state index >= 15 is 0 Å². The van der Waals surface area contributed by atoms with Gasteiger partial charge in [0.05, 0.1) is 0 Å². The zero-order valence-electron chi connectivity index (χ0n) is 4.09. The van der Waals surface area contributed by atoms with Gasteiger partial charge in [0.15, 0.2) is 4.34 Å². The highest BCUT2D eigenvalue weighted by molar-refractivity contribution is 8.00. The van der Waals surface area contributed by atoms with E-state index in [1.54, 1.807) is 0 Å². The van der Waals surface area contributed by atoms with E-state index in [2.05, 4.69) is 10.2 Å². The Morgan fingerprint density at radius 3 is 2.62 bits per heavy atom. The van der Waals surface area contributed by atoms with Crippen molar-refractivity contribution < 1.29 is 4.39 Å². The molecule has 5 heteroatoms. The van der Waals surface area contributed by atoms with Gasteiger partial charge in [-0.3, -0.25) is 0 Å². The van der Waals surface area contributed by atoms with Crippen LogP contribution in [-0.2, 0) is 0 Å². The summed E-state index contributed by atoms with van der Waals surface area (Å²) in [7, 11) is 0. The van der Waals surface area contributed by atoms with Crippen molar-refractivity contribution in [3.05, 3.63) is 5.26 Å². The fourth-order valence-electron chi connectivity index (χ4n) is 0.275. The Bertz CT molecular complexity index is 176. The first-order chi connectivity index (χ1) is 3.83. The number of aromatic nitrogens is 2. The van der Waals surface area contributed by atoms with Crippen LogP contribution in [0.2, 0.25) is 0 Å². The lowest BCUT2D eigenvalue weighted by molar-refractivity contribution is 0.599. The molecule has 0 saturated heterocycles. The second kappa shape index (κ2) is 2.41. The quantitative estimate of drug-likeness (QED) is 0.566. The van der Waals surface area contributed by atoms with Crippen molar-refractivity contribution in [3.8, 4) is 0 Å². The van der Waals surface area contributed by atoms with Crippen molar-refractivity contribution in [3.63, 3.8) is 0 Å². The van der Waals surface area contributed by atoms with Crippen molar-refractivity contribution in [1.29, 1.82) is 0 Å². The van der Waals surface area contributed by atoms with Crippen LogP contribution in [0.4, 0.5) is 4.39 Å². The summed E-state index contributed by atoms with van der Waals surface area (Å²) < 4.78 is 12.6. The number of hydrogen-bond donors (Lipinski definition) is 0. The van der Waals surface area contributed by atoms with Gasteiger partial charge in [-0.1, -0.05) is 23.1 Å². The minimum atomic E-state index is -0.464. The summed E-state index contributed by atoms with van der Waals surface area (Å²) in [6, 6.07) is 0. The van der Waals surface area contributed by atoms with Crippen molar-refractivity contribution in [2.45, 2.75) is 4.34 Å². The van der Waals surface area contributed by atoms with Gasteiger partial charge < -0.3 is 0 Å². The van der Waals surface area contributed by atoms with Crippen molar-refractivity contribution in [1.82, 2.24) is 10.2 Å². The highest BCUT2D eigenvalue weighted by atomic mass is 32.2. The molecule has 2 nitrogen and oxygen atoms in total. The summed E-state index contributed by atoms with van der Waals surface area (Å²) in [5, 5.41) is 6.20. The summed E-state index contributed by atoms with van der Waals surface area (Å²) in [4.78, 5) is 0. The van der Waals surface area contributed by atoms with Crippen molar-refractivity contribution in [2.24, 2.45) is 0 Å². The first kappa shape index (κ1) is 5.97. The molecule has 0 aliphatic heterocycles. The molecule has 0 aliphatic carbocycles. The minimum absolute atomic E-state index is 0.464. The standard InChI is InChI=1S/C3H3FN2S2/c1-7-3-6-5-2(4)8-3/h1H3. The number of rotatable bonds is 1. The highest BCUT2D eigenvalue weighted by Crippen LogP contribution is 2.17. The summed E-state index contributed by atoms with van der Waals surface area (Å²) >= 11 is 2.36. The van der Waals surface area contributed by atoms with Crippen molar-refractivity contribution >= 4 is 23.1 Å². The smallest absolute Gasteiger partial charge is 0.171 e. The summed E-state index contributed by atoms with van der Waals surface area (Å²) in [5.41, 5.74) is 0. The van der Waals surface area contributed by atoms with Crippen molar-refractivity contribution in [2.75, 3.05) is 6.26 Å². The largest absolute Gasteiger partial charge is 0.290 e. The first-order valence-corrected chi connectivity index (χ1v) is 3.90. The van der Waals surface area contributed by atoms with Gasteiger partial charge in [0.2, 0.25) is 0 Å². The van der Waals surface area contributed by atoms with Gasteiger partial charge in [0.1, 0.15) is 0 Å². The molecule has 0 aromatic carbocycles. The zero-order chi connectivity index (χ0) is 5.98. The minimum Gasteiger partial charge on any atom is -0.171 e. The Morgan fingerprint density at radius 1 is 1.62 bits per heavy atom. The van der Waals surface area contributed by atoms with Crippen LogP contribution in [0.3, 0.4) is 0 Å². The molecule has 44 valence electrons. The van der Waals surface area contributed by atoms with Crippen LogP contribution in [-0.4, -0.2) is 16.5 Å². The van der Waals surface area contributed by atoms with E-state index < -0.39 is 5.26 Å². The maximum absolute atomic E-state index is 11.9. The molecule has 0 bridgehead atoms. The lowest BCUT2D eigenvalue weighted by Crippen LogP contribution is -1.68. The molecule has 8 heavy (non-hydrogen) atoms. The maximum atomic E-state index is 11.9. The van der Waals surface area contributed by atoms with Crippen LogP contribution < -0.4 is 0 Å². The third-order valence-corrected chi connectivity index (χ3v) is 2.24. The Labute approximate surface area is 54.1 Å². The maximum Gasteiger partial charge on any atom is 0.290 e. The van der Waals surface area contributed by atoms with Gasteiger partial charge in [0.25, 0.3) is 5.26 Å². The van der Waals surface area contributed by atoms with Gasteiger partial charge in [-0.25, -0.2) is 0 Å². The third-order valence-electron chi connectivity index (χ3n) is 0.556. The molecule has 0 aliphatic rings. The lowest BCUT2D eigenvalue weighted by atomic mass is 11.5. The van der Waals surface area contributed by atoms with Gasteiger partial charge in [0, 0.05) is 0 Å². The number of nitrogens with zero attached hydrogens (tertiary/aromatic N) is 2. The topological polar surface area (TPSA) is 25.8 Å². The van der Waals surface area contributed by atoms with Gasteiger partial charge >= 0.3 is 0 Å². The van der Waals surface area contributed by atoms with E-state index in [1.807, 2.05) is 6.26 Å². The molecule has 0 N–H and O–H groups in total. The van der Waals surface area contributed by atoms with Crippen LogP contribution >= 0.6 is 23.1 Å². The summed E-state index contributed by atoms with van der Waals surface area (Å²) in [6.07, 6.45) is 1.83. The summed E-state index contributed by atoms with van der Waals surface area (Å²) in [6.45, 7) is 0. The van der Waals surface area contributed by atoms with Gasteiger partial charge in [-0.2, -0.15) is 4.39 Å². The molecule has 0 fully saturated rings. The Hall–Kier alpha value is -0.160. The van der Waals surface area contributed by atoms with E-state index in [0.717, 1.165) is 11.3 Å². The fourth-order valence-corrected chi connectivity index (χ4v) is 1.24. The number of halogens is 1. The molecular formula is C3H3FN2S2. The first-order valence-electron chi connectivity index (χ1n) is 1.86. The van der Waals surface area contributed by atoms with Crippen LogP contribution in [0.15, 0.2) is 4.34 Å². The summed E-state index contributed by atoms with van der Waals surface area (Å²) in [5.74, 6) is 0. The SMILES string of the molecule is CSc1nnc(F)s1. The second-order valence-corrected chi connectivity index (χ2v) is 3.01. The van der Waals surface area contributed by atoms with Crippen LogP contribution in [0.1, 0.15) is 0 Å². The second-order valence-electron chi connectivity index (χ2n) is 1.03. The van der Waals surface area contributed by atoms with E-state index in [9.17, 15) is 4.39 Å². The fraction of sp³-hybridized carbons (Fsp3) is 0.333. The number of thioether (sulfide) groups is 1. The zero-order valence-corrected chi connectivity index (χ0v) is 5.72. The predicted octanol–water partition coefficient (Wildman–Crippen LogP) is 1.40. The molecule has 0 unspecified atom stereocenters. The van der Waals surface area contributed by atoms with Crippen LogP contribution in [0.5, 0.6) is 0 Å². The van der Waals surface area contributed by atoms with E-state index in [0.29, 0.717) is 4.34 Å². The molecule has 0 spiro atoms.